The van der Waals surface area contributed by atoms with Gasteiger partial charge < -0.3 is 5.32 Å². The van der Waals surface area contributed by atoms with E-state index in [0.29, 0.717) is 6.42 Å². The van der Waals surface area contributed by atoms with Crippen LogP contribution in [0.15, 0.2) is 41.4 Å². The molecule has 0 spiro atoms. The minimum absolute atomic E-state index is 0.346. The molecular weight excluding hydrogens is 323 g/mol. The first kappa shape index (κ1) is 15.8. The first-order valence-electron chi connectivity index (χ1n) is 7.12. The summed E-state index contributed by atoms with van der Waals surface area (Å²) in [6, 6.07) is 6.83. The molecule has 0 bridgehead atoms. The Balaban J connectivity index is 1.88. The van der Waals surface area contributed by atoms with Crippen molar-refractivity contribution in [3.8, 4) is 0 Å². The highest BCUT2D eigenvalue weighted by Crippen LogP contribution is 2.39. The maximum Gasteiger partial charge on any atom is 0.417 e. The zero-order valence-corrected chi connectivity index (χ0v) is 13.1. The van der Waals surface area contributed by atoms with Crippen LogP contribution in [0.25, 0.3) is 5.57 Å². The van der Waals surface area contributed by atoms with E-state index in [1.54, 1.807) is 11.3 Å². The fraction of sp³-hybridized carbons (Fsp3) is 0.235. The van der Waals surface area contributed by atoms with E-state index in [2.05, 4.69) is 5.32 Å². The normalized spacial score (nSPS) is 14.6. The summed E-state index contributed by atoms with van der Waals surface area (Å²) >= 11 is 1.58. The number of hydrogen-bond acceptors (Lipinski definition) is 2. The lowest BCUT2D eigenvalue weighted by atomic mass is 9.91. The number of benzene rings is 1. The van der Waals surface area contributed by atoms with Gasteiger partial charge in [0, 0.05) is 10.6 Å². The predicted molar refractivity (Wildman–Crippen MR) is 84.1 cm³/mol. The molecule has 0 radical (unpaired) electrons. The topological polar surface area (TPSA) is 29.1 Å². The second kappa shape index (κ2) is 5.85. The smallest absolute Gasteiger partial charge is 0.325 e. The minimum atomic E-state index is -4.55. The van der Waals surface area contributed by atoms with Crippen LogP contribution in [0.4, 0.5) is 13.2 Å². The summed E-state index contributed by atoms with van der Waals surface area (Å²) in [7, 11) is 0. The van der Waals surface area contributed by atoms with Gasteiger partial charge in [0.2, 0.25) is 0 Å². The molecule has 23 heavy (non-hydrogen) atoms. The number of alkyl halides is 3. The Morgan fingerprint density at radius 3 is 2.48 bits per heavy atom. The van der Waals surface area contributed by atoms with Gasteiger partial charge in [-0.15, -0.1) is 11.3 Å². The molecule has 1 aliphatic carbocycles. The van der Waals surface area contributed by atoms with E-state index in [1.165, 1.54) is 18.2 Å². The molecule has 0 unspecified atom stereocenters. The summed E-state index contributed by atoms with van der Waals surface area (Å²) in [5.74, 6) is -0.709. The number of aryl methyl sites for hydroxylation is 1. The van der Waals surface area contributed by atoms with Crippen molar-refractivity contribution in [3.63, 3.8) is 0 Å². The monoisotopic (exact) mass is 337 g/mol. The van der Waals surface area contributed by atoms with Crippen LogP contribution in [0, 0.1) is 6.92 Å². The van der Waals surface area contributed by atoms with E-state index in [-0.39, 0.29) is 5.56 Å². The van der Waals surface area contributed by atoms with Crippen LogP contribution in [0.2, 0.25) is 0 Å². The summed E-state index contributed by atoms with van der Waals surface area (Å²) in [4.78, 5) is 13.4. The predicted octanol–water partition coefficient (Wildman–Crippen LogP) is 5.01. The standard InChI is InChI=1S/C17H14F3NOS/c1-10-8-9-23-15(10)12-6-7-14(12)21-16(22)11-4-2-3-5-13(11)17(18,19)20/h2-5,8-9H,6-7H2,1H3,(H,21,22). The molecule has 1 aromatic carbocycles. The maximum absolute atomic E-state index is 13.0. The Labute approximate surface area is 135 Å². The fourth-order valence-electron chi connectivity index (χ4n) is 2.58. The van der Waals surface area contributed by atoms with Gasteiger partial charge in [0.15, 0.2) is 0 Å². The molecule has 0 atom stereocenters. The molecule has 0 saturated heterocycles. The van der Waals surface area contributed by atoms with Gasteiger partial charge in [-0.25, -0.2) is 0 Å². The van der Waals surface area contributed by atoms with Crippen molar-refractivity contribution >= 4 is 22.8 Å². The van der Waals surface area contributed by atoms with Gasteiger partial charge in [-0.05, 0) is 54.5 Å². The van der Waals surface area contributed by atoms with E-state index >= 15 is 0 Å². The zero-order valence-electron chi connectivity index (χ0n) is 12.3. The van der Waals surface area contributed by atoms with E-state index in [1.807, 2.05) is 18.4 Å². The molecule has 3 rings (SSSR count). The van der Waals surface area contributed by atoms with Gasteiger partial charge in [-0.3, -0.25) is 4.79 Å². The molecule has 0 saturated carbocycles. The molecule has 1 heterocycles. The summed E-state index contributed by atoms with van der Waals surface area (Å²) in [6.07, 6.45) is -3.04. The number of thiophene rings is 1. The zero-order chi connectivity index (χ0) is 16.6. The highest BCUT2D eigenvalue weighted by molar-refractivity contribution is 7.11. The van der Waals surface area contributed by atoms with Crippen molar-refractivity contribution in [1.82, 2.24) is 5.32 Å². The van der Waals surface area contributed by atoms with Crippen LogP contribution in [0.5, 0.6) is 0 Å². The van der Waals surface area contributed by atoms with E-state index < -0.39 is 17.6 Å². The Morgan fingerprint density at radius 2 is 1.91 bits per heavy atom. The van der Waals surface area contributed by atoms with Crippen LogP contribution >= 0.6 is 11.3 Å². The largest absolute Gasteiger partial charge is 0.417 e. The lowest BCUT2D eigenvalue weighted by molar-refractivity contribution is -0.137. The van der Waals surface area contributed by atoms with Crippen molar-refractivity contribution in [2.24, 2.45) is 0 Å². The number of carbonyl (C=O) groups is 1. The SMILES string of the molecule is Cc1ccsc1C1=C(NC(=O)c2ccccc2C(F)(F)F)CC1. The van der Waals surface area contributed by atoms with Crippen LogP contribution in [-0.2, 0) is 6.18 Å². The molecule has 120 valence electrons. The lowest BCUT2D eigenvalue weighted by Crippen LogP contribution is -2.29. The Morgan fingerprint density at radius 1 is 1.17 bits per heavy atom. The van der Waals surface area contributed by atoms with E-state index in [4.69, 9.17) is 0 Å². The van der Waals surface area contributed by atoms with Gasteiger partial charge in [-0.2, -0.15) is 13.2 Å². The molecule has 1 aliphatic rings. The van der Waals surface area contributed by atoms with Gasteiger partial charge in [0.25, 0.3) is 5.91 Å². The van der Waals surface area contributed by atoms with Gasteiger partial charge in [0.05, 0.1) is 11.1 Å². The first-order chi connectivity index (χ1) is 10.9. The van der Waals surface area contributed by atoms with Crippen molar-refractivity contribution in [3.05, 3.63) is 63.0 Å². The van der Waals surface area contributed by atoms with E-state index in [0.717, 1.165) is 34.2 Å². The van der Waals surface area contributed by atoms with Crippen LogP contribution < -0.4 is 5.32 Å². The molecule has 0 aliphatic heterocycles. The lowest BCUT2D eigenvalue weighted by Gasteiger charge is -2.25. The number of rotatable bonds is 3. The summed E-state index contributed by atoms with van der Waals surface area (Å²) in [6.45, 7) is 1.98. The molecule has 1 N–H and O–H groups in total. The van der Waals surface area contributed by atoms with Crippen LogP contribution in [0.3, 0.4) is 0 Å². The molecular formula is C17H14F3NOS. The van der Waals surface area contributed by atoms with Gasteiger partial charge in [0.1, 0.15) is 0 Å². The molecule has 2 aromatic rings. The second-order valence-corrected chi connectivity index (χ2v) is 6.30. The quantitative estimate of drug-likeness (QED) is 0.838. The fourth-order valence-corrected chi connectivity index (χ4v) is 3.61. The third-order valence-corrected chi connectivity index (χ3v) is 4.94. The summed E-state index contributed by atoms with van der Waals surface area (Å²) < 4.78 is 39.0. The van der Waals surface area contributed by atoms with Crippen LogP contribution in [0.1, 0.15) is 39.2 Å². The Bertz CT molecular complexity index is 789. The number of halogens is 3. The molecule has 0 fully saturated rings. The molecule has 1 amide bonds. The van der Waals surface area contributed by atoms with E-state index in [9.17, 15) is 18.0 Å². The maximum atomic E-state index is 13.0. The minimum Gasteiger partial charge on any atom is -0.325 e. The third kappa shape index (κ3) is 3.03. The van der Waals surface area contributed by atoms with Gasteiger partial charge in [-0.1, -0.05) is 12.1 Å². The van der Waals surface area contributed by atoms with Crippen molar-refractivity contribution in [2.75, 3.05) is 0 Å². The molecule has 2 nitrogen and oxygen atoms in total. The Kier molecular flexibility index (Phi) is 4.02. The Hall–Kier alpha value is -2.08. The molecule has 6 heteroatoms. The second-order valence-electron chi connectivity index (χ2n) is 5.39. The highest BCUT2D eigenvalue weighted by Gasteiger charge is 2.35. The van der Waals surface area contributed by atoms with Crippen molar-refractivity contribution < 1.29 is 18.0 Å². The summed E-state index contributed by atoms with van der Waals surface area (Å²) in [5, 5.41) is 4.62. The number of hydrogen-bond donors (Lipinski definition) is 1. The van der Waals surface area contributed by atoms with Crippen molar-refractivity contribution in [2.45, 2.75) is 25.9 Å². The first-order valence-corrected chi connectivity index (χ1v) is 8.00. The molecule has 1 aromatic heterocycles. The number of nitrogens with one attached hydrogen (secondary N) is 1. The number of carbonyl (C=O) groups excluding carboxylic acids is 1. The number of allylic oxidation sites excluding steroid dienone is 2. The van der Waals surface area contributed by atoms with Gasteiger partial charge >= 0.3 is 6.18 Å². The average Bonchev–Trinajstić information content (AvgIpc) is 2.88. The average molecular weight is 337 g/mol. The van der Waals surface area contributed by atoms with Crippen LogP contribution in [-0.4, -0.2) is 5.91 Å². The third-order valence-electron chi connectivity index (χ3n) is 3.87. The highest BCUT2D eigenvalue weighted by atomic mass is 32.1. The van der Waals surface area contributed by atoms with Crippen molar-refractivity contribution in [1.29, 1.82) is 0 Å². The number of amides is 1. The summed E-state index contributed by atoms with van der Waals surface area (Å²) in [5.41, 5.74) is 1.60.